The Labute approximate surface area is 161 Å². The highest BCUT2D eigenvalue weighted by Crippen LogP contribution is 2.28. The second-order valence-corrected chi connectivity index (χ2v) is 7.56. The highest BCUT2D eigenvalue weighted by atomic mass is 19.4. The van der Waals surface area contributed by atoms with E-state index in [2.05, 4.69) is 9.64 Å². The average molecular weight is 399 g/mol. The lowest BCUT2D eigenvalue weighted by molar-refractivity contribution is -0.274. The summed E-state index contributed by atoms with van der Waals surface area (Å²) in [5.74, 6) is -0.203. The molecule has 1 aromatic carbocycles. The molecule has 0 spiro atoms. The molecule has 3 aliphatic rings. The van der Waals surface area contributed by atoms with Crippen molar-refractivity contribution in [1.82, 2.24) is 14.7 Å². The minimum absolute atomic E-state index is 0.108. The lowest BCUT2D eigenvalue weighted by atomic mass is 10.1. The standard InChI is InChI=1S/C19H24F3N3O3/c20-19(21,22)28-17-3-1-2-14(10-17)11-23-6-7-24-16(12-23)13-25(18(24)26)15-4-8-27-9-5-15/h1-3,10,15-16H,4-9,11-13H2/t16-/m1/s1. The van der Waals surface area contributed by atoms with Crippen molar-refractivity contribution >= 4 is 6.03 Å². The monoisotopic (exact) mass is 399 g/mol. The Kier molecular flexibility index (Phi) is 5.37. The van der Waals surface area contributed by atoms with Gasteiger partial charge in [-0.25, -0.2) is 4.79 Å². The molecule has 4 rings (SSSR count). The van der Waals surface area contributed by atoms with Crippen LogP contribution in [0.25, 0.3) is 0 Å². The van der Waals surface area contributed by atoms with E-state index in [0.29, 0.717) is 39.4 Å². The smallest absolute Gasteiger partial charge is 0.406 e. The summed E-state index contributed by atoms with van der Waals surface area (Å²) in [6.45, 7) is 4.69. The van der Waals surface area contributed by atoms with E-state index in [-0.39, 0.29) is 23.9 Å². The minimum atomic E-state index is -4.69. The summed E-state index contributed by atoms with van der Waals surface area (Å²) in [5, 5.41) is 0. The van der Waals surface area contributed by atoms with Crippen LogP contribution in [-0.2, 0) is 11.3 Å². The number of ether oxygens (including phenoxy) is 2. The number of rotatable bonds is 4. The Balaban J connectivity index is 1.36. The first-order valence-electron chi connectivity index (χ1n) is 9.61. The maximum absolute atomic E-state index is 12.8. The van der Waals surface area contributed by atoms with Crippen molar-refractivity contribution in [3.05, 3.63) is 29.8 Å². The highest BCUT2D eigenvalue weighted by Gasteiger charge is 2.43. The van der Waals surface area contributed by atoms with Gasteiger partial charge < -0.3 is 19.3 Å². The molecule has 0 aromatic heterocycles. The molecule has 3 heterocycles. The van der Waals surface area contributed by atoms with Crippen molar-refractivity contribution in [2.75, 3.05) is 39.4 Å². The minimum Gasteiger partial charge on any atom is -0.406 e. The summed E-state index contributed by atoms with van der Waals surface area (Å²) < 4.78 is 46.7. The number of hydrogen-bond donors (Lipinski definition) is 0. The zero-order valence-electron chi connectivity index (χ0n) is 15.5. The molecule has 0 bridgehead atoms. The molecule has 9 heteroatoms. The van der Waals surface area contributed by atoms with Crippen molar-refractivity contribution in [2.45, 2.75) is 37.8 Å². The SMILES string of the molecule is O=C1N(C2CCOCC2)C[C@H]2CN(Cc3cccc(OC(F)(F)F)c3)CCN12. The maximum atomic E-state index is 12.8. The molecular weight excluding hydrogens is 375 g/mol. The van der Waals surface area contributed by atoms with Crippen LogP contribution in [0.5, 0.6) is 5.75 Å². The van der Waals surface area contributed by atoms with Gasteiger partial charge in [0.2, 0.25) is 0 Å². The zero-order valence-corrected chi connectivity index (χ0v) is 15.5. The molecule has 0 saturated carbocycles. The van der Waals surface area contributed by atoms with E-state index in [9.17, 15) is 18.0 Å². The third-order valence-corrected chi connectivity index (χ3v) is 5.64. The topological polar surface area (TPSA) is 45.3 Å². The van der Waals surface area contributed by atoms with Crippen molar-refractivity contribution in [1.29, 1.82) is 0 Å². The molecular formula is C19H24F3N3O3. The largest absolute Gasteiger partial charge is 0.573 e. The Bertz CT molecular complexity index is 709. The molecule has 1 aromatic rings. The number of carbonyl (C=O) groups excluding carboxylic acids is 1. The molecule has 1 atom stereocenters. The van der Waals surface area contributed by atoms with Crippen LogP contribution in [-0.4, -0.2) is 78.6 Å². The summed E-state index contributed by atoms with van der Waals surface area (Å²) in [6.07, 6.45) is -2.94. The predicted molar refractivity (Wildman–Crippen MR) is 94.8 cm³/mol. The molecule has 0 aliphatic carbocycles. The molecule has 3 saturated heterocycles. The van der Waals surface area contributed by atoms with Crippen LogP contribution in [0.4, 0.5) is 18.0 Å². The van der Waals surface area contributed by atoms with Gasteiger partial charge in [0.1, 0.15) is 5.75 Å². The van der Waals surface area contributed by atoms with Crippen LogP contribution >= 0.6 is 0 Å². The van der Waals surface area contributed by atoms with E-state index in [1.54, 1.807) is 12.1 Å². The Morgan fingerprint density at radius 2 is 1.86 bits per heavy atom. The van der Waals surface area contributed by atoms with E-state index in [0.717, 1.165) is 24.9 Å². The molecule has 154 valence electrons. The van der Waals surface area contributed by atoms with E-state index < -0.39 is 6.36 Å². The number of carbonyl (C=O) groups is 1. The number of fused-ring (bicyclic) bond motifs is 1. The fraction of sp³-hybridized carbons (Fsp3) is 0.632. The highest BCUT2D eigenvalue weighted by molar-refractivity contribution is 5.77. The van der Waals surface area contributed by atoms with Crippen LogP contribution in [0.2, 0.25) is 0 Å². The van der Waals surface area contributed by atoms with Gasteiger partial charge in [-0.2, -0.15) is 0 Å². The molecule has 6 nitrogen and oxygen atoms in total. The first-order valence-corrected chi connectivity index (χ1v) is 9.61. The molecule has 2 amide bonds. The van der Waals surface area contributed by atoms with Crippen molar-refractivity contribution in [3.8, 4) is 5.75 Å². The van der Waals surface area contributed by atoms with Crippen LogP contribution < -0.4 is 4.74 Å². The van der Waals surface area contributed by atoms with Gasteiger partial charge in [-0.15, -0.1) is 13.2 Å². The summed E-state index contributed by atoms with van der Waals surface area (Å²) >= 11 is 0. The van der Waals surface area contributed by atoms with Crippen LogP contribution in [0.3, 0.4) is 0 Å². The first-order chi connectivity index (χ1) is 13.4. The number of halogens is 3. The number of benzene rings is 1. The summed E-state index contributed by atoms with van der Waals surface area (Å²) in [6, 6.07) is 6.57. The number of piperazine rings is 1. The van der Waals surface area contributed by atoms with Gasteiger partial charge in [0.15, 0.2) is 0 Å². The predicted octanol–water partition coefficient (Wildman–Crippen LogP) is 2.69. The van der Waals surface area contributed by atoms with Gasteiger partial charge in [0.25, 0.3) is 0 Å². The van der Waals surface area contributed by atoms with Gasteiger partial charge in [-0.3, -0.25) is 4.90 Å². The van der Waals surface area contributed by atoms with Crippen molar-refractivity contribution in [3.63, 3.8) is 0 Å². The van der Waals surface area contributed by atoms with Gasteiger partial charge >= 0.3 is 12.4 Å². The van der Waals surface area contributed by atoms with Crippen LogP contribution in [0.1, 0.15) is 18.4 Å². The van der Waals surface area contributed by atoms with Crippen LogP contribution in [0, 0.1) is 0 Å². The van der Waals surface area contributed by atoms with Gasteiger partial charge in [-0.05, 0) is 30.5 Å². The number of alkyl halides is 3. The van der Waals surface area contributed by atoms with Gasteiger partial charge in [0, 0.05) is 52.0 Å². The fourth-order valence-electron chi connectivity index (χ4n) is 4.34. The second kappa shape index (κ2) is 7.79. The maximum Gasteiger partial charge on any atom is 0.573 e. The quantitative estimate of drug-likeness (QED) is 0.781. The van der Waals surface area contributed by atoms with E-state index in [1.807, 2.05) is 9.80 Å². The molecule has 3 fully saturated rings. The van der Waals surface area contributed by atoms with E-state index >= 15 is 0 Å². The molecule has 28 heavy (non-hydrogen) atoms. The number of urea groups is 1. The fourth-order valence-corrected chi connectivity index (χ4v) is 4.34. The molecule has 0 N–H and O–H groups in total. The van der Waals surface area contributed by atoms with Crippen molar-refractivity contribution in [2.24, 2.45) is 0 Å². The van der Waals surface area contributed by atoms with Gasteiger partial charge in [0.05, 0.1) is 6.04 Å². The van der Waals surface area contributed by atoms with E-state index in [1.165, 1.54) is 12.1 Å². The number of amides is 2. The Morgan fingerprint density at radius 1 is 1.07 bits per heavy atom. The van der Waals surface area contributed by atoms with Gasteiger partial charge in [-0.1, -0.05) is 12.1 Å². The Hall–Kier alpha value is -2.00. The Morgan fingerprint density at radius 3 is 2.61 bits per heavy atom. The molecule has 0 unspecified atom stereocenters. The number of nitrogens with zero attached hydrogens (tertiary/aromatic N) is 3. The summed E-state index contributed by atoms with van der Waals surface area (Å²) in [5.41, 5.74) is 0.765. The third-order valence-electron chi connectivity index (χ3n) is 5.64. The van der Waals surface area contributed by atoms with Crippen molar-refractivity contribution < 1.29 is 27.4 Å². The average Bonchev–Trinajstić information content (AvgIpc) is 2.97. The van der Waals surface area contributed by atoms with Crippen LogP contribution in [0.15, 0.2) is 24.3 Å². The summed E-state index contributed by atoms with van der Waals surface area (Å²) in [4.78, 5) is 18.9. The normalized spacial score (nSPS) is 24.5. The zero-order chi connectivity index (χ0) is 19.7. The number of hydrogen-bond acceptors (Lipinski definition) is 4. The lowest BCUT2D eigenvalue weighted by Gasteiger charge is -2.36. The lowest BCUT2D eigenvalue weighted by Crippen LogP contribution is -2.51. The summed E-state index contributed by atoms with van der Waals surface area (Å²) in [7, 11) is 0. The first kappa shape index (κ1) is 19.3. The second-order valence-electron chi connectivity index (χ2n) is 7.56. The molecule has 3 aliphatic heterocycles. The third kappa shape index (κ3) is 4.35. The molecule has 0 radical (unpaired) electrons. The van der Waals surface area contributed by atoms with E-state index in [4.69, 9.17) is 4.74 Å².